The molecule has 2 heterocycles. The van der Waals surface area contributed by atoms with E-state index in [-0.39, 0.29) is 0 Å². The maximum atomic E-state index is 9.03. The van der Waals surface area contributed by atoms with Crippen LogP contribution in [0.4, 0.5) is 0 Å². The zero-order valence-corrected chi connectivity index (χ0v) is 9.21. The first-order chi connectivity index (χ1) is 7.90. The number of nitrogens with zero attached hydrogens (tertiary/aromatic N) is 1. The van der Waals surface area contributed by atoms with Crippen molar-refractivity contribution < 1.29 is 0 Å². The van der Waals surface area contributed by atoms with Crippen molar-refractivity contribution in [1.29, 1.82) is 5.26 Å². The van der Waals surface area contributed by atoms with E-state index in [0.29, 0.717) is 0 Å². The second kappa shape index (κ2) is 3.51. The third kappa shape index (κ3) is 1.24. The predicted octanol–water partition coefficient (Wildman–Crippen LogP) is 3.77. The lowest BCUT2D eigenvalue weighted by Crippen LogP contribution is -1.74. The minimum atomic E-state index is 0.768. The smallest absolute Gasteiger partial charge is 0.112 e. The molecule has 1 aromatic carbocycles. The number of benzene rings is 1. The summed E-state index contributed by atoms with van der Waals surface area (Å²) in [7, 11) is 0. The van der Waals surface area contributed by atoms with Gasteiger partial charge in [-0.3, -0.25) is 0 Å². The summed E-state index contributed by atoms with van der Waals surface area (Å²) in [4.78, 5) is 3.99. The van der Waals surface area contributed by atoms with Crippen LogP contribution in [0.2, 0.25) is 0 Å². The van der Waals surface area contributed by atoms with E-state index in [1.807, 2.05) is 35.8 Å². The fourth-order valence-corrected chi connectivity index (χ4v) is 2.60. The van der Waals surface area contributed by atoms with E-state index in [9.17, 15) is 0 Å². The molecule has 2 aromatic heterocycles. The van der Waals surface area contributed by atoms with E-state index in [1.165, 1.54) is 11.3 Å². The molecule has 0 fully saturated rings. The van der Waals surface area contributed by atoms with Crippen molar-refractivity contribution in [3.05, 3.63) is 46.8 Å². The molecular formula is C13H8N2S. The Labute approximate surface area is 96.8 Å². The van der Waals surface area contributed by atoms with E-state index in [0.717, 1.165) is 26.9 Å². The van der Waals surface area contributed by atoms with Gasteiger partial charge in [-0.05, 0) is 17.5 Å². The van der Waals surface area contributed by atoms with Crippen LogP contribution in [0.5, 0.6) is 0 Å². The number of hydrogen-bond donors (Lipinski definition) is 1. The quantitative estimate of drug-likeness (QED) is 0.671. The van der Waals surface area contributed by atoms with Crippen molar-refractivity contribution >= 4 is 22.2 Å². The maximum absolute atomic E-state index is 9.03. The van der Waals surface area contributed by atoms with Crippen LogP contribution in [0.3, 0.4) is 0 Å². The highest BCUT2D eigenvalue weighted by molar-refractivity contribution is 7.11. The SMILES string of the molecule is N#Cc1sccc1-c1c[nH]c2ccccc12. The molecule has 0 bridgehead atoms. The van der Waals surface area contributed by atoms with E-state index < -0.39 is 0 Å². The molecule has 0 radical (unpaired) electrons. The fourth-order valence-electron chi connectivity index (χ4n) is 1.90. The number of aromatic amines is 1. The lowest BCUT2D eigenvalue weighted by molar-refractivity contribution is 1.47. The number of thiophene rings is 1. The summed E-state index contributed by atoms with van der Waals surface area (Å²) in [6, 6.07) is 12.4. The first-order valence-electron chi connectivity index (χ1n) is 4.94. The number of nitriles is 1. The normalized spacial score (nSPS) is 10.4. The highest BCUT2D eigenvalue weighted by Crippen LogP contribution is 2.33. The van der Waals surface area contributed by atoms with Gasteiger partial charge in [-0.1, -0.05) is 18.2 Å². The molecule has 1 N–H and O–H groups in total. The summed E-state index contributed by atoms with van der Waals surface area (Å²) in [6.07, 6.45) is 1.97. The van der Waals surface area contributed by atoms with Gasteiger partial charge in [0.1, 0.15) is 10.9 Å². The molecule has 0 aliphatic heterocycles. The Morgan fingerprint density at radius 3 is 2.88 bits per heavy atom. The average Bonchev–Trinajstić information content (AvgIpc) is 2.94. The van der Waals surface area contributed by atoms with Crippen molar-refractivity contribution in [2.24, 2.45) is 0 Å². The van der Waals surface area contributed by atoms with E-state index in [2.05, 4.69) is 17.1 Å². The lowest BCUT2D eigenvalue weighted by atomic mass is 10.1. The maximum Gasteiger partial charge on any atom is 0.112 e. The summed E-state index contributed by atoms with van der Waals surface area (Å²) in [5.41, 5.74) is 3.23. The Hall–Kier alpha value is -2.05. The van der Waals surface area contributed by atoms with Gasteiger partial charge in [0, 0.05) is 28.2 Å². The number of nitrogens with one attached hydrogen (secondary N) is 1. The molecule has 3 rings (SSSR count). The van der Waals surface area contributed by atoms with Crippen LogP contribution in [-0.2, 0) is 0 Å². The second-order valence-corrected chi connectivity index (χ2v) is 4.44. The average molecular weight is 224 g/mol. The number of rotatable bonds is 1. The molecule has 2 nitrogen and oxygen atoms in total. The predicted molar refractivity (Wildman–Crippen MR) is 66.3 cm³/mol. The summed E-state index contributed by atoms with van der Waals surface area (Å²) in [5.74, 6) is 0. The number of H-pyrrole nitrogens is 1. The number of fused-ring (bicyclic) bond motifs is 1. The van der Waals surface area contributed by atoms with Crippen LogP contribution < -0.4 is 0 Å². The molecule has 0 amide bonds. The van der Waals surface area contributed by atoms with E-state index in [1.54, 1.807) is 0 Å². The largest absolute Gasteiger partial charge is 0.361 e. The van der Waals surface area contributed by atoms with Crippen molar-refractivity contribution in [1.82, 2.24) is 4.98 Å². The fraction of sp³-hybridized carbons (Fsp3) is 0. The van der Waals surface area contributed by atoms with E-state index >= 15 is 0 Å². The zero-order chi connectivity index (χ0) is 11.0. The summed E-state index contributed by atoms with van der Waals surface area (Å²) in [5, 5.41) is 12.1. The van der Waals surface area contributed by atoms with Crippen LogP contribution in [0.25, 0.3) is 22.0 Å². The molecule has 3 heteroatoms. The first-order valence-corrected chi connectivity index (χ1v) is 5.82. The number of aromatic nitrogens is 1. The van der Waals surface area contributed by atoms with Crippen LogP contribution in [-0.4, -0.2) is 4.98 Å². The van der Waals surface area contributed by atoms with Crippen LogP contribution in [0.1, 0.15) is 4.88 Å². The highest BCUT2D eigenvalue weighted by Gasteiger charge is 2.10. The van der Waals surface area contributed by atoms with Gasteiger partial charge >= 0.3 is 0 Å². The minimum Gasteiger partial charge on any atom is -0.361 e. The molecule has 0 saturated carbocycles. The van der Waals surface area contributed by atoms with Crippen LogP contribution >= 0.6 is 11.3 Å². The summed E-state index contributed by atoms with van der Waals surface area (Å²) >= 11 is 1.48. The Morgan fingerprint density at radius 2 is 2.00 bits per heavy atom. The molecule has 16 heavy (non-hydrogen) atoms. The van der Waals surface area contributed by atoms with Crippen molar-refractivity contribution in [2.45, 2.75) is 0 Å². The third-order valence-electron chi connectivity index (χ3n) is 2.65. The van der Waals surface area contributed by atoms with Gasteiger partial charge in [0.05, 0.1) is 0 Å². The Bertz CT molecular complexity index is 685. The summed E-state index contributed by atoms with van der Waals surface area (Å²) in [6.45, 7) is 0. The monoisotopic (exact) mass is 224 g/mol. The second-order valence-electron chi connectivity index (χ2n) is 3.52. The Morgan fingerprint density at radius 1 is 1.12 bits per heavy atom. The standard InChI is InChI=1S/C13H8N2S/c14-7-13-10(5-6-16-13)11-8-15-12-4-2-1-3-9(11)12/h1-6,8,15H. The topological polar surface area (TPSA) is 39.6 Å². The zero-order valence-electron chi connectivity index (χ0n) is 8.40. The molecule has 76 valence electrons. The molecule has 0 aliphatic carbocycles. The number of para-hydroxylation sites is 1. The lowest BCUT2D eigenvalue weighted by Gasteiger charge is -1.95. The van der Waals surface area contributed by atoms with Gasteiger partial charge in [-0.25, -0.2) is 0 Å². The highest BCUT2D eigenvalue weighted by atomic mass is 32.1. The van der Waals surface area contributed by atoms with Gasteiger partial charge in [0.2, 0.25) is 0 Å². The number of hydrogen-bond acceptors (Lipinski definition) is 2. The van der Waals surface area contributed by atoms with Gasteiger partial charge in [-0.2, -0.15) is 5.26 Å². The molecule has 0 saturated heterocycles. The molecule has 0 spiro atoms. The van der Waals surface area contributed by atoms with Gasteiger partial charge in [0.25, 0.3) is 0 Å². The first kappa shape index (κ1) is 9.20. The molecule has 0 atom stereocenters. The molecule has 0 aliphatic rings. The Kier molecular flexibility index (Phi) is 2.02. The molecular weight excluding hydrogens is 216 g/mol. The Balaban J connectivity index is 2.31. The van der Waals surface area contributed by atoms with E-state index in [4.69, 9.17) is 5.26 Å². The van der Waals surface area contributed by atoms with Gasteiger partial charge < -0.3 is 4.98 Å². The van der Waals surface area contributed by atoms with Gasteiger partial charge in [0.15, 0.2) is 0 Å². The van der Waals surface area contributed by atoms with Crippen molar-refractivity contribution in [3.8, 4) is 17.2 Å². The van der Waals surface area contributed by atoms with Gasteiger partial charge in [-0.15, -0.1) is 11.3 Å². The van der Waals surface area contributed by atoms with Crippen LogP contribution in [0, 0.1) is 11.3 Å². The minimum absolute atomic E-state index is 0.768. The molecule has 0 unspecified atom stereocenters. The molecule has 3 aromatic rings. The van der Waals surface area contributed by atoms with Crippen molar-refractivity contribution in [2.75, 3.05) is 0 Å². The summed E-state index contributed by atoms with van der Waals surface area (Å²) < 4.78 is 0. The van der Waals surface area contributed by atoms with Crippen LogP contribution in [0.15, 0.2) is 41.9 Å². The van der Waals surface area contributed by atoms with Crippen molar-refractivity contribution in [3.63, 3.8) is 0 Å². The third-order valence-corrected chi connectivity index (χ3v) is 3.47.